The summed E-state index contributed by atoms with van der Waals surface area (Å²) in [4.78, 5) is 45.0. The van der Waals surface area contributed by atoms with Crippen molar-refractivity contribution in [1.29, 1.82) is 0 Å². The van der Waals surface area contributed by atoms with Crippen LogP contribution >= 0.6 is 23.1 Å². The number of aromatic amines is 1. The van der Waals surface area contributed by atoms with E-state index in [0.717, 1.165) is 35.0 Å². The van der Waals surface area contributed by atoms with Crippen molar-refractivity contribution in [3.63, 3.8) is 0 Å². The summed E-state index contributed by atoms with van der Waals surface area (Å²) < 4.78 is 0. The number of imide groups is 1. The van der Waals surface area contributed by atoms with Gasteiger partial charge in [0.15, 0.2) is 5.16 Å². The van der Waals surface area contributed by atoms with Crippen molar-refractivity contribution in [1.82, 2.24) is 15.3 Å². The van der Waals surface area contributed by atoms with E-state index < -0.39 is 17.2 Å². The Balaban J connectivity index is 2.39. The van der Waals surface area contributed by atoms with Crippen molar-refractivity contribution in [2.24, 2.45) is 17.6 Å². The minimum atomic E-state index is -0.897. The predicted octanol–water partition coefficient (Wildman–Crippen LogP) is 3.19. The average Bonchev–Trinajstić information content (AvgIpc) is 2.87. The van der Waals surface area contributed by atoms with Gasteiger partial charge in [0, 0.05) is 4.88 Å². The van der Waals surface area contributed by atoms with Crippen molar-refractivity contribution in [3.05, 3.63) is 20.8 Å². The van der Waals surface area contributed by atoms with Gasteiger partial charge in [-0.3, -0.25) is 14.9 Å². The Hall–Kier alpha value is -1.87. The molecule has 2 atom stereocenters. The summed E-state index contributed by atoms with van der Waals surface area (Å²) in [6, 6.07) is -0.897. The Kier molecular flexibility index (Phi) is 7.05. The van der Waals surface area contributed by atoms with Gasteiger partial charge in [-0.25, -0.2) is 9.78 Å². The summed E-state index contributed by atoms with van der Waals surface area (Å²) in [5, 5.41) is 2.51. The number of nitrogens with one attached hydrogen (secondary N) is 2. The van der Waals surface area contributed by atoms with Crippen LogP contribution in [0.2, 0.25) is 0 Å². The number of primary amides is 1. The number of hydrogen-bond acceptors (Lipinski definition) is 6. The molecule has 0 saturated carbocycles. The number of rotatable bonds is 7. The molecule has 0 saturated heterocycles. The summed E-state index contributed by atoms with van der Waals surface area (Å²) in [5.74, 6) is -0.0933. The number of H-pyrrole nitrogens is 1. The Labute approximate surface area is 166 Å². The number of thioether (sulfide) groups is 1. The van der Waals surface area contributed by atoms with E-state index in [9.17, 15) is 14.4 Å². The van der Waals surface area contributed by atoms with Crippen LogP contribution < -0.4 is 16.6 Å². The molecule has 2 heterocycles. The van der Waals surface area contributed by atoms with E-state index in [1.165, 1.54) is 11.3 Å². The molecule has 0 unspecified atom stereocenters. The van der Waals surface area contributed by atoms with Crippen LogP contribution in [0.4, 0.5) is 4.79 Å². The molecule has 2 rings (SSSR count). The fourth-order valence-corrected chi connectivity index (χ4v) is 4.84. The number of carbonyl (C=O) groups is 2. The number of carbonyl (C=O) groups excluding carboxylic acids is 2. The zero-order chi connectivity index (χ0) is 20.3. The Bertz CT molecular complexity index is 904. The molecule has 3 amide bonds. The van der Waals surface area contributed by atoms with E-state index in [-0.39, 0.29) is 11.5 Å². The van der Waals surface area contributed by atoms with Gasteiger partial charge < -0.3 is 10.7 Å². The molecule has 9 heteroatoms. The van der Waals surface area contributed by atoms with E-state index in [2.05, 4.69) is 29.1 Å². The first-order valence-corrected chi connectivity index (χ1v) is 10.6. The number of hydrogen-bond donors (Lipinski definition) is 3. The topological polar surface area (TPSA) is 118 Å². The highest BCUT2D eigenvalue weighted by atomic mass is 32.2. The van der Waals surface area contributed by atoms with E-state index in [1.807, 2.05) is 20.8 Å². The molecular formula is C18H26N4O3S2. The van der Waals surface area contributed by atoms with Crippen LogP contribution in [0.1, 0.15) is 44.6 Å². The van der Waals surface area contributed by atoms with E-state index in [0.29, 0.717) is 21.3 Å². The van der Waals surface area contributed by atoms with Gasteiger partial charge >= 0.3 is 6.03 Å². The van der Waals surface area contributed by atoms with Crippen molar-refractivity contribution in [2.45, 2.75) is 57.9 Å². The SMILES string of the molecule is CC[C@H](C)Cc1c(C)sc2nc(S[C@H](C(=O)NC(N)=O)C(C)C)[nH]c(=O)c12. The van der Waals surface area contributed by atoms with Gasteiger partial charge in [0.05, 0.1) is 10.6 Å². The van der Waals surface area contributed by atoms with Crippen LogP contribution in [0.15, 0.2) is 9.95 Å². The molecule has 0 fully saturated rings. The second kappa shape index (κ2) is 8.88. The molecule has 2 aromatic heterocycles. The highest BCUT2D eigenvalue weighted by Gasteiger charge is 2.26. The van der Waals surface area contributed by atoms with Crippen LogP contribution in [0.5, 0.6) is 0 Å². The van der Waals surface area contributed by atoms with Crippen molar-refractivity contribution >= 4 is 45.3 Å². The number of nitrogens with zero attached hydrogens (tertiary/aromatic N) is 1. The van der Waals surface area contributed by atoms with Crippen LogP contribution in [0.3, 0.4) is 0 Å². The number of urea groups is 1. The van der Waals surface area contributed by atoms with Gasteiger partial charge in [-0.15, -0.1) is 11.3 Å². The quantitative estimate of drug-likeness (QED) is 0.478. The zero-order valence-electron chi connectivity index (χ0n) is 16.2. The molecule has 0 aliphatic carbocycles. The summed E-state index contributed by atoms with van der Waals surface area (Å²) in [6.45, 7) is 10.0. The minimum Gasteiger partial charge on any atom is -0.351 e. The lowest BCUT2D eigenvalue weighted by Gasteiger charge is -2.18. The standard InChI is InChI=1S/C18H26N4O3S2/c1-6-9(4)7-11-10(5)26-16-12(11)14(23)21-18(22-16)27-13(8(2)3)15(24)20-17(19)25/h8-9,13H,6-7H2,1-5H3,(H,21,22,23)(H3,19,20,24,25)/t9-,13-/m0/s1. The maximum absolute atomic E-state index is 12.7. The average molecular weight is 411 g/mol. The Morgan fingerprint density at radius 3 is 2.56 bits per heavy atom. The van der Waals surface area contributed by atoms with E-state index >= 15 is 0 Å². The highest BCUT2D eigenvalue weighted by molar-refractivity contribution is 8.00. The number of thiophene rings is 1. The molecule has 27 heavy (non-hydrogen) atoms. The molecular weight excluding hydrogens is 384 g/mol. The molecule has 0 aliphatic rings. The number of aromatic nitrogens is 2. The van der Waals surface area contributed by atoms with Crippen LogP contribution in [0, 0.1) is 18.8 Å². The van der Waals surface area contributed by atoms with Gasteiger partial charge in [0.25, 0.3) is 5.56 Å². The molecule has 7 nitrogen and oxygen atoms in total. The van der Waals surface area contributed by atoms with Gasteiger partial charge in [-0.05, 0) is 30.7 Å². The maximum atomic E-state index is 12.7. The largest absolute Gasteiger partial charge is 0.351 e. The van der Waals surface area contributed by atoms with E-state index in [1.54, 1.807) is 0 Å². The van der Waals surface area contributed by atoms with E-state index in [4.69, 9.17) is 5.73 Å². The third-order valence-corrected chi connectivity index (χ3v) is 6.91. The summed E-state index contributed by atoms with van der Waals surface area (Å²) >= 11 is 2.62. The predicted molar refractivity (Wildman–Crippen MR) is 110 cm³/mol. The molecule has 0 bridgehead atoms. The first kappa shape index (κ1) is 21.4. The molecule has 2 aromatic rings. The Morgan fingerprint density at radius 1 is 1.33 bits per heavy atom. The second-order valence-corrected chi connectivity index (χ2v) is 9.38. The van der Waals surface area contributed by atoms with Gasteiger partial charge in [0.1, 0.15) is 4.83 Å². The number of fused-ring (bicyclic) bond motifs is 1. The number of nitrogens with two attached hydrogens (primary N) is 1. The monoisotopic (exact) mass is 410 g/mol. The molecule has 0 aromatic carbocycles. The molecule has 4 N–H and O–H groups in total. The third-order valence-electron chi connectivity index (χ3n) is 4.44. The van der Waals surface area contributed by atoms with Gasteiger partial charge in [0.2, 0.25) is 5.91 Å². The highest BCUT2D eigenvalue weighted by Crippen LogP contribution is 2.32. The van der Waals surface area contributed by atoms with Crippen LogP contribution in [-0.4, -0.2) is 27.2 Å². The molecule has 148 valence electrons. The summed E-state index contributed by atoms with van der Waals surface area (Å²) in [6.07, 6.45) is 1.89. The van der Waals surface area contributed by atoms with Crippen LogP contribution in [0.25, 0.3) is 10.2 Å². The summed E-state index contributed by atoms with van der Waals surface area (Å²) in [5.41, 5.74) is 5.91. The first-order chi connectivity index (χ1) is 12.6. The number of aryl methyl sites for hydroxylation is 1. The molecule has 0 radical (unpaired) electrons. The number of amides is 3. The normalized spacial score (nSPS) is 13.7. The maximum Gasteiger partial charge on any atom is 0.318 e. The lowest BCUT2D eigenvalue weighted by Crippen LogP contribution is -2.42. The molecule has 0 aliphatic heterocycles. The summed E-state index contributed by atoms with van der Waals surface area (Å²) in [7, 11) is 0. The van der Waals surface area contributed by atoms with Gasteiger partial charge in [-0.1, -0.05) is 45.9 Å². The zero-order valence-corrected chi connectivity index (χ0v) is 17.8. The Morgan fingerprint density at radius 2 is 2.00 bits per heavy atom. The van der Waals surface area contributed by atoms with Crippen molar-refractivity contribution < 1.29 is 9.59 Å². The lowest BCUT2D eigenvalue weighted by molar-refractivity contribution is -0.120. The lowest BCUT2D eigenvalue weighted by atomic mass is 9.98. The fourth-order valence-electron chi connectivity index (χ4n) is 2.76. The fraction of sp³-hybridized carbons (Fsp3) is 0.556. The third kappa shape index (κ3) is 5.10. The second-order valence-electron chi connectivity index (χ2n) is 7.04. The minimum absolute atomic E-state index is 0.0821. The smallest absolute Gasteiger partial charge is 0.318 e. The molecule has 0 spiro atoms. The van der Waals surface area contributed by atoms with Crippen molar-refractivity contribution in [3.8, 4) is 0 Å². The van der Waals surface area contributed by atoms with Gasteiger partial charge in [-0.2, -0.15) is 0 Å². The first-order valence-electron chi connectivity index (χ1n) is 8.93. The van der Waals surface area contributed by atoms with Crippen LogP contribution in [-0.2, 0) is 11.2 Å². The van der Waals surface area contributed by atoms with Crippen molar-refractivity contribution in [2.75, 3.05) is 0 Å².